The standard InChI is InChI=1S/C17H19NO3/c19-10-4-3-6-13-5-1-2-7-16(13)17(20)18-11-14-8-9-15(12-18)21-14/h1-2,5,7,14-15,19H,4,8-12H2. The average molecular weight is 285 g/mol. The van der Waals surface area contributed by atoms with Crippen LogP contribution in [0.3, 0.4) is 0 Å². The Kier molecular flexibility index (Phi) is 4.23. The number of rotatable bonds is 2. The number of carbonyl (C=O) groups excluding carboxylic acids is 1. The molecule has 3 rings (SSSR count). The summed E-state index contributed by atoms with van der Waals surface area (Å²) in [6.45, 7) is 1.39. The number of amides is 1. The van der Waals surface area contributed by atoms with E-state index in [-0.39, 0.29) is 24.7 Å². The molecule has 0 radical (unpaired) electrons. The van der Waals surface area contributed by atoms with Crippen LogP contribution in [0.5, 0.6) is 0 Å². The summed E-state index contributed by atoms with van der Waals surface area (Å²) in [6.07, 6.45) is 2.91. The van der Waals surface area contributed by atoms with Gasteiger partial charge in [0.2, 0.25) is 0 Å². The predicted octanol–water partition coefficient (Wildman–Crippen LogP) is 1.42. The van der Waals surface area contributed by atoms with E-state index in [4.69, 9.17) is 9.84 Å². The molecule has 2 atom stereocenters. The van der Waals surface area contributed by atoms with E-state index in [1.54, 1.807) is 0 Å². The highest BCUT2D eigenvalue weighted by Gasteiger charge is 2.36. The maximum absolute atomic E-state index is 12.7. The lowest BCUT2D eigenvalue weighted by Gasteiger charge is -2.32. The Labute approximate surface area is 124 Å². The van der Waals surface area contributed by atoms with Crippen molar-refractivity contribution in [3.8, 4) is 11.8 Å². The van der Waals surface area contributed by atoms with E-state index < -0.39 is 0 Å². The molecule has 1 N–H and O–H groups in total. The first-order chi connectivity index (χ1) is 10.3. The molecule has 2 aliphatic rings. The van der Waals surface area contributed by atoms with Crippen molar-refractivity contribution in [3.63, 3.8) is 0 Å². The summed E-state index contributed by atoms with van der Waals surface area (Å²) < 4.78 is 5.77. The smallest absolute Gasteiger partial charge is 0.255 e. The van der Waals surface area contributed by atoms with Crippen LogP contribution in [0.4, 0.5) is 0 Å². The number of likely N-dealkylation sites (tertiary alicyclic amines) is 1. The Hall–Kier alpha value is -1.83. The van der Waals surface area contributed by atoms with Gasteiger partial charge in [0.05, 0.1) is 24.4 Å². The van der Waals surface area contributed by atoms with Crippen LogP contribution in [-0.4, -0.2) is 47.8 Å². The summed E-state index contributed by atoms with van der Waals surface area (Å²) in [5.74, 6) is 5.90. The lowest BCUT2D eigenvalue weighted by atomic mass is 10.1. The number of hydrogen-bond acceptors (Lipinski definition) is 3. The number of ether oxygens (including phenoxy) is 1. The quantitative estimate of drug-likeness (QED) is 0.836. The number of hydrogen-bond donors (Lipinski definition) is 1. The van der Waals surface area contributed by atoms with Crippen LogP contribution in [-0.2, 0) is 4.74 Å². The molecule has 1 aromatic carbocycles. The minimum absolute atomic E-state index is 0.0316. The molecule has 1 aromatic rings. The highest BCUT2D eigenvalue weighted by molar-refractivity contribution is 5.96. The van der Waals surface area contributed by atoms with Gasteiger partial charge >= 0.3 is 0 Å². The molecule has 4 heteroatoms. The van der Waals surface area contributed by atoms with Crippen molar-refractivity contribution < 1.29 is 14.6 Å². The van der Waals surface area contributed by atoms with Crippen LogP contribution in [0.1, 0.15) is 35.2 Å². The summed E-state index contributed by atoms with van der Waals surface area (Å²) >= 11 is 0. The molecule has 4 nitrogen and oxygen atoms in total. The number of aliphatic hydroxyl groups excluding tert-OH is 1. The first-order valence-electron chi connectivity index (χ1n) is 7.41. The average Bonchev–Trinajstić information content (AvgIpc) is 2.85. The topological polar surface area (TPSA) is 49.8 Å². The summed E-state index contributed by atoms with van der Waals surface area (Å²) in [5.41, 5.74) is 1.37. The van der Waals surface area contributed by atoms with Gasteiger partial charge in [-0.1, -0.05) is 24.0 Å². The van der Waals surface area contributed by atoms with Crippen molar-refractivity contribution >= 4 is 5.91 Å². The Balaban J connectivity index is 1.80. The van der Waals surface area contributed by atoms with Gasteiger partial charge in [-0.3, -0.25) is 4.79 Å². The number of nitrogens with zero attached hydrogens (tertiary/aromatic N) is 1. The first-order valence-corrected chi connectivity index (χ1v) is 7.41. The van der Waals surface area contributed by atoms with Crippen molar-refractivity contribution in [2.45, 2.75) is 31.5 Å². The van der Waals surface area contributed by atoms with Gasteiger partial charge in [-0.05, 0) is 25.0 Å². The normalized spacial score (nSPS) is 23.6. The summed E-state index contributed by atoms with van der Waals surface area (Å²) in [4.78, 5) is 14.6. The third-order valence-corrected chi connectivity index (χ3v) is 3.95. The van der Waals surface area contributed by atoms with Crippen molar-refractivity contribution in [3.05, 3.63) is 35.4 Å². The Bertz CT molecular complexity index is 575. The molecule has 2 heterocycles. The Morgan fingerprint density at radius 1 is 1.29 bits per heavy atom. The second-order valence-electron chi connectivity index (χ2n) is 5.49. The van der Waals surface area contributed by atoms with Gasteiger partial charge in [0.1, 0.15) is 0 Å². The highest BCUT2D eigenvalue weighted by Crippen LogP contribution is 2.27. The van der Waals surface area contributed by atoms with E-state index in [0.29, 0.717) is 25.1 Å². The minimum atomic E-state index is 0.0316. The number of morpholine rings is 1. The molecule has 110 valence electrons. The fourth-order valence-corrected chi connectivity index (χ4v) is 2.94. The highest BCUT2D eigenvalue weighted by atomic mass is 16.5. The summed E-state index contributed by atoms with van der Waals surface area (Å²) in [6, 6.07) is 7.41. The molecule has 2 bridgehead atoms. The fraction of sp³-hybridized carbons (Fsp3) is 0.471. The molecule has 1 amide bonds. The predicted molar refractivity (Wildman–Crippen MR) is 78.8 cm³/mol. The second kappa shape index (κ2) is 6.30. The van der Waals surface area contributed by atoms with E-state index in [1.165, 1.54) is 0 Å². The van der Waals surface area contributed by atoms with Gasteiger partial charge in [-0.15, -0.1) is 0 Å². The maximum atomic E-state index is 12.7. The molecule has 0 aliphatic carbocycles. The van der Waals surface area contributed by atoms with Crippen LogP contribution < -0.4 is 0 Å². The number of carbonyl (C=O) groups is 1. The third kappa shape index (κ3) is 3.10. The first kappa shape index (κ1) is 14.1. The van der Waals surface area contributed by atoms with E-state index in [1.807, 2.05) is 29.2 Å². The van der Waals surface area contributed by atoms with Crippen molar-refractivity contribution in [1.82, 2.24) is 4.90 Å². The van der Waals surface area contributed by atoms with Crippen molar-refractivity contribution in [2.24, 2.45) is 0 Å². The molecule has 2 saturated heterocycles. The second-order valence-corrected chi connectivity index (χ2v) is 5.49. The lowest BCUT2D eigenvalue weighted by Crippen LogP contribution is -2.46. The largest absolute Gasteiger partial charge is 0.395 e. The molecule has 0 spiro atoms. The fourth-order valence-electron chi connectivity index (χ4n) is 2.94. The maximum Gasteiger partial charge on any atom is 0.255 e. The summed E-state index contributed by atoms with van der Waals surface area (Å²) in [5, 5.41) is 8.80. The van der Waals surface area contributed by atoms with Crippen molar-refractivity contribution in [1.29, 1.82) is 0 Å². The van der Waals surface area contributed by atoms with Crippen LogP contribution in [0.2, 0.25) is 0 Å². The van der Waals surface area contributed by atoms with Crippen LogP contribution in [0.15, 0.2) is 24.3 Å². The number of aliphatic hydroxyl groups is 1. The van der Waals surface area contributed by atoms with Gasteiger partial charge in [0.15, 0.2) is 0 Å². The SMILES string of the molecule is O=C(c1ccccc1C#CCCO)N1CC2CCC(C1)O2. The zero-order valence-corrected chi connectivity index (χ0v) is 11.9. The number of fused-ring (bicyclic) bond motifs is 2. The van der Waals surface area contributed by atoms with E-state index in [0.717, 1.165) is 18.4 Å². The molecule has 2 aliphatic heterocycles. The molecular weight excluding hydrogens is 266 g/mol. The van der Waals surface area contributed by atoms with E-state index in [2.05, 4.69) is 11.8 Å². The monoisotopic (exact) mass is 285 g/mol. The Morgan fingerprint density at radius 2 is 2.00 bits per heavy atom. The van der Waals surface area contributed by atoms with Gasteiger partial charge in [-0.25, -0.2) is 0 Å². The van der Waals surface area contributed by atoms with Crippen LogP contribution in [0.25, 0.3) is 0 Å². The molecule has 0 saturated carbocycles. The minimum Gasteiger partial charge on any atom is -0.395 e. The molecular formula is C17H19NO3. The Morgan fingerprint density at radius 3 is 2.71 bits per heavy atom. The van der Waals surface area contributed by atoms with Gasteiger partial charge in [0.25, 0.3) is 5.91 Å². The number of benzene rings is 1. The van der Waals surface area contributed by atoms with Gasteiger partial charge in [-0.2, -0.15) is 0 Å². The van der Waals surface area contributed by atoms with Crippen LogP contribution >= 0.6 is 0 Å². The molecule has 2 fully saturated rings. The lowest BCUT2D eigenvalue weighted by molar-refractivity contribution is -0.0303. The zero-order valence-electron chi connectivity index (χ0n) is 11.9. The van der Waals surface area contributed by atoms with Crippen LogP contribution in [0, 0.1) is 11.8 Å². The van der Waals surface area contributed by atoms with Gasteiger partial charge in [0, 0.05) is 25.1 Å². The van der Waals surface area contributed by atoms with E-state index in [9.17, 15) is 4.79 Å². The van der Waals surface area contributed by atoms with Gasteiger partial charge < -0.3 is 14.7 Å². The third-order valence-electron chi connectivity index (χ3n) is 3.95. The summed E-state index contributed by atoms with van der Waals surface area (Å²) in [7, 11) is 0. The molecule has 2 unspecified atom stereocenters. The molecule has 21 heavy (non-hydrogen) atoms. The molecule has 0 aromatic heterocycles. The van der Waals surface area contributed by atoms with Crippen molar-refractivity contribution in [2.75, 3.05) is 19.7 Å². The zero-order chi connectivity index (χ0) is 14.7. The van der Waals surface area contributed by atoms with E-state index >= 15 is 0 Å².